The molecule has 0 aliphatic heterocycles. The van der Waals surface area contributed by atoms with E-state index >= 15 is 0 Å². The summed E-state index contributed by atoms with van der Waals surface area (Å²) in [6, 6.07) is 4.31. The molecule has 0 aliphatic rings. The van der Waals surface area contributed by atoms with Crippen LogP contribution in [-0.2, 0) is 6.18 Å². The highest BCUT2D eigenvalue weighted by Gasteiger charge is 2.33. The van der Waals surface area contributed by atoms with Crippen molar-refractivity contribution < 1.29 is 32.2 Å². The number of halogens is 4. The second-order valence-electron chi connectivity index (χ2n) is 6.94. The number of amides is 1. The van der Waals surface area contributed by atoms with Gasteiger partial charge in [0.25, 0.3) is 5.91 Å². The molecule has 172 valence electrons. The molecule has 0 spiro atoms. The number of alkyl halides is 4. The van der Waals surface area contributed by atoms with E-state index < -0.39 is 29.9 Å². The molecule has 2 aromatic heterocycles. The van der Waals surface area contributed by atoms with E-state index in [1.165, 1.54) is 25.3 Å². The van der Waals surface area contributed by atoms with Crippen LogP contribution in [0.25, 0.3) is 22.4 Å². The van der Waals surface area contributed by atoms with Crippen LogP contribution in [0.1, 0.15) is 34.9 Å². The number of benzene rings is 1. The largest absolute Gasteiger partial charge is 0.494 e. The summed E-state index contributed by atoms with van der Waals surface area (Å²) in [6.45, 7) is 1.47. The maximum atomic E-state index is 13.1. The number of fused-ring (bicyclic) bond motifs is 1. The molecule has 0 aliphatic carbocycles. The number of aliphatic hydroxyl groups is 1. The zero-order valence-electron chi connectivity index (χ0n) is 17.0. The van der Waals surface area contributed by atoms with Gasteiger partial charge in [0.1, 0.15) is 17.0 Å². The minimum Gasteiger partial charge on any atom is -0.494 e. The van der Waals surface area contributed by atoms with Gasteiger partial charge in [-0.15, -0.1) is 11.6 Å². The number of aromatic nitrogens is 2. The molecule has 0 bridgehead atoms. The summed E-state index contributed by atoms with van der Waals surface area (Å²) in [6.07, 6.45) is -5.59. The third-order valence-corrected chi connectivity index (χ3v) is 4.88. The minimum absolute atomic E-state index is 0.0328. The first-order chi connectivity index (χ1) is 15.1. The quantitative estimate of drug-likeness (QED) is 0.451. The lowest BCUT2D eigenvalue weighted by Crippen LogP contribution is -2.33. The number of carbonyl (C=O) groups excluding carboxylic acids is 1. The Labute approximate surface area is 185 Å². The van der Waals surface area contributed by atoms with Crippen LogP contribution in [0.4, 0.5) is 13.2 Å². The van der Waals surface area contributed by atoms with Gasteiger partial charge in [0.2, 0.25) is 5.89 Å². The van der Waals surface area contributed by atoms with Crippen molar-refractivity contribution in [3.63, 3.8) is 0 Å². The molecule has 1 amide bonds. The molecule has 3 rings (SSSR count). The molecular weight excluding hydrogens is 453 g/mol. The molecule has 32 heavy (non-hydrogen) atoms. The monoisotopic (exact) mass is 472 g/mol. The van der Waals surface area contributed by atoms with Crippen molar-refractivity contribution in [3.05, 3.63) is 41.4 Å². The summed E-state index contributed by atoms with van der Waals surface area (Å²) in [5.74, 6) is -0.556. The molecule has 1 unspecified atom stereocenters. The number of methoxy groups -OCH3 is 1. The summed E-state index contributed by atoms with van der Waals surface area (Å²) in [5, 5.41) is 12.3. The highest BCUT2D eigenvalue weighted by atomic mass is 35.5. The molecule has 4 N–H and O–H groups in total. The van der Waals surface area contributed by atoms with E-state index in [2.05, 4.69) is 15.3 Å². The van der Waals surface area contributed by atoms with Gasteiger partial charge in [-0.05, 0) is 31.2 Å². The summed E-state index contributed by atoms with van der Waals surface area (Å²) in [7, 11) is 1.31. The standard InChI is InChI=1S/C20H20ClF3N4O4/c1-9(25)17-16(18(30)26-8-10(29)7-21)28-19(32-17)12-3-5-13(31-2)15-11(12)4-6-14(27-15)20(22,23)24/h3-6,9-10,29H,7-8,25H2,1-2H3,(H,26,30)/t9-,10?/m0/s1. The average Bonchev–Trinajstić information content (AvgIpc) is 3.21. The Morgan fingerprint density at radius 3 is 2.62 bits per heavy atom. The number of hydrogen-bond acceptors (Lipinski definition) is 7. The average molecular weight is 473 g/mol. The third kappa shape index (κ3) is 4.79. The molecule has 3 aromatic rings. The maximum Gasteiger partial charge on any atom is 0.433 e. The normalized spacial score (nSPS) is 13.8. The molecule has 1 aromatic carbocycles. The summed E-state index contributed by atoms with van der Waals surface area (Å²) >= 11 is 5.52. The van der Waals surface area contributed by atoms with Crippen LogP contribution in [0.5, 0.6) is 5.75 Å². The summed E-state index contributed by atoms with van der Waals surface area (Å²) in [4.78, 5) is 20.5. The van der Waals surface area contributed by atoms with Gasteiger partial charge in [0.05, 0.1) is 25.1 Å². The Kier molecular flexibility index (Phi) is 6.91. The number of nitrogens with one attached hydrogen (secondary N) is 1. The van der Waals surface area contributed by atoms with Crippen LogP contribution in [0.2, 0.25) is 0 Å². The van der Waals surface area contributed by atoms with E-state index in [1.807, 2.05) is 0 Å². The van der Waals surface area contributed by atoms with Gasteiger partial charge in [-0.3, -0.25) is 4.79 Å². The van der Waals surface area contributed by atoms with Crippen LogP contribution in [-0.4, -0.2) is 46.6 Å². The lowest BCUT2D eigenvalue weighted by Gasteiger charge is -2.11. The molecule has 2 heterocycles. The Morgan fingerprint density at radius 1 is 1.31 bits per heavy atom. The Morgan fingerprint density at radius 2 is 2.03 bits per heavy atom. The fourth-order valence-electron chi connectivity index (χ4n) is 2.97. The number of ether oxygens (including phenoxy) is 1. The zero-order chi connectivity index (χ0) is 23.6. The zero-order valence-corrected chi connectivity index (χ0v) is 17.8. The second-order valence-corrected chi connectivity index (χ2v) is 7.25. The van der Waals surface area contributed by atoms with Crippen molar-refractivity contribution in [2.45, 2.75) is 25.2 Å². The van der Waals surface area contributed by atoms with Crippen LogP contribution < -0.4 is 15.8 Å². The predicted octanol–water partition coefficient (Wildman–Crippen LogP) is 3.27. The van der Waals surface area contributed by atoms with Crippen molar-refractivity contribution in [2.24, 2.45) is 5.73 Å². The lowest BCUT2D eigenvalue weighted by atomic mass is 10.1. The van der Waals surface area contributed by atoms with Gasteiger partial charge in [0.15, 0.2) is 11.5 Å². The molecule has 0 fully saturated rings. The number of nitrogens with zero attached hydrogens (tertiary/aromatic N) is 2. The first-order valence-electron chi connectivity index (χ1n) is 9.40. The van der Waals surface area contributed by atoms with Crippen LogP contribution in [0.3, 0.4) is 0 Å². The van der Waals surface area contributed by atoms with Crippen molar-refractivity contribution in [1.82, 2.24) is 15.3 Å². The van der Waals surface area contributed by atoms with E-state index in [1.54, 1.807) is 6.92 Å². The molecule has 2 atom stereocenters. The SMILES string of the molecule is COc1ccc(-c2nc(C(=O)NCC(O)CCl)c([C@H](C)N)o2)c2ccc(C(F)(F)F)nc12. The lowest BCUT2D eigenvalue weighted by molar-refractivity contribution is -0.140. The smallest absolute Gasteiger partial charge is 0.433 e. The number of oxazole rings is 1. The Hall–Kier alpha value is -2.89. The van der Waals surface area contributed by atoms with E-state index in [0.717, 1.165) is 6.07 Å². The summed E-state index contributed by atoms with van der Waals surface area (Å²) < 4.78 is 50.3. The van der Waals surface area contributed by atoms with Gasteiger partial charge < -0.3 is 25.3 Å². The maximum absolute atomic E-state index is 13.1. The predicted molar refractivity (Wildman–Crippen MR) is 110 cm³/mol. The third-order valence-electron chi connectivity index (χ3n) is 4.52. The number of pyridine rings is 1. The second kappa shape index (κ2) is 9.31. The molecular formula is C20H20ClF3N4O4. The van der Waals surface area contributed by atoms with Gasteiger partial charge in [0, 0.05) is 17.5 Å². The number of hydrogen-bond donors (Lipinski definition) is 3. The first-order valence-corrected chi connectivity index (χ1v) is 9.94. The molecule has 0 saturated heterocycles. The van der Waals surface area contributed by atoms with Crippen molar-refractivity contribution in [3.8, 4) is 17.2 Å². The van der Waals surface area contributed by atoms with Gasteiger partial charge in [-0.25, -0.2) is 9.97 Å². The first kappa shape index (κ1) is 23.8. The van der Waals surface area contributed by atoms with Crippen molar-refractivity contribution in [1.29, 1.82) is 0 Å². The summed E-state index contributed by atoms with van der Waals surface area (Å²) in [5.41, 5.74) is 4.97. The fraction of sp³-hybridized carbons (Fsp3) is 0.350. The highest BCUT2D eigenvalue weighted by Crippen LogP contribution is 2.37. The number of carbonyl (C=O) groups is 1. The number of rotatable bonds is 7. The molecule has 0 saturated carbocycles. The van der Waals surface area contributed by atoms with E-state index in [9.17, 15) is 23.1 Å². The number of aliphatic hydroxyl groups excluding tert-OH is 1. The fourth-order valence-corrected chi connectivity index (χ4v) is 3.08. The van der Waals surface area contributed by atoms with E-state index in [4.69, 9.17) is 26.5 Å². The van der Waals surface area contributed by atoms with Crippen molar-refractivity contribution in [2.75, 3.05) is 19.5 Å². The molecule has 8 nitrogen and oxygen atoms in total. The highest BCUT2D eigenvalue weighted by molar-refractivity contribution is 6.18. The van der Waals surface area contributed by atoms with Crippen LogP contribution >= 0.6 is 11.6 Å². The van der Waals surface area contributed by atoms with E-state index in [-0.39, 0.29) is 46.4 Å². The van der Waals surface area contributed by atoms with E-state index in [0.29, 0.717) is 5.56 Å². The topological polar surface area (TPSA) is 124 Å². The molecule has 12 heteroatoms. The van der Waals surface area contributed by atoms with Crippen LogP contribution in [0, 0.1) is 0 Å². The van der Waals surface area contributed by atoms with Gasteiger partial charge in [-0.1, -0.05) is 0 Å². The van der Waals surface area contributed by atoms with Gasteiger partial charge >= 0.3 is 6.18 Å². The number of nitrogens with two attached hydrogens (primary N) is 1. The Balaban J connectivity index is 2.11. The van der Waals surface area contributed by atoms with Crippen molar-refractivity contribution >= 4 is 28.4 Å². The Bertz CT molecular complexity index is 1130. The molecule has 0 radical (unpaired) electrons. The van der Waals surface area contributed by atoms with Crippen LogP contribution in [0.15, 0.2) is 28.7 Å². The minimum atomic E-state index is -4.64. The van der Waals surface area contributed by atoms with Gasteiger partial charge in [-0.2, -0.15) is 13.2 Å².